The third-order valence-corrected chi connectivity index (χ3v) is 6.94. The molecule has 0 saturated heterocycles. The molecule has 23 heavy (non-hydrogen) atoms. The summed E-state index contributed by atoms with van der Waals surface area (Å²) in [5.74, 6) is -1.37. The molecule has 0 saturated carbocycles. The highest BCUT2D eigenvalue weighted by Gasteiger charge is 2.37. The van der Waals surface area contributed by atoms with Gasteiger partial charge in [-0.05, 0) is 6.07 Å². The van der Waals surface area contributed by atoms with Gasteiger partial charge in [0.25, 0.3) is 0 Å². The normalized spacial score (nSPS) is 12.7. The highest BCUT2D eigenvalue weighted by atomic mass is 31.2. The SMILES string of the molecule is O=P(c1ccccc1)(c1ccccc1)C(O)c1ccccc1O. The van der Waals surface area contributed by atoms with Gasteiger partial charge >= 0.3 is 0 Å². The van der Waals surface area contributed by atoms with Crippen molar-refractivity contribution in [3.63, 3.8) is 0 Å². The second kappa shape index (κ2) is 6.41. The molecule has 0 spiro atoms. The van der Waals surface area contributed by atoms with E-state index in [1.165, 1.54) is 6.07 Å². The van der Waals surface area contributed by atoms with Gasteiger partial charge < -0.3 is 14.8 Å². The number of phenols is 1. The first-order valence-electron chi connectivity index (χ1n) is 7.31. The molecule has 0 aliphatic rings. The van der Waals surface area contributed by atoms with Crippen LogP contribution in [0.25, 0.3) is 0 Å². The summed E-state index contributed by atoms with van der Waals surface area (Å²) in [7, 11) is -3.37. The van der Waals surface area contributed by atoms with E-state index >= 15 is 0 Å². The Kier molecular flexibility index (Phi) is 4.33. The minimum absolute atomic E-state index is 0.0629. The lowest BCUT2D eigenvalue weighted by Crippen LogP contribution is -2.21. The first kappa shape index (κ1) is 15.5. The van der Waals surface area contributed by atoms with Gasteiger partial charge in [-0.2, -0.15) is 0 Å². The van der Waals surface area contributed by atoms with Gasteiger partial charge in [0.2, 0.25) is 0 Å². The molecule has 3 nitrogen and oxygen atoms in total. The highest BCUT2D eigenvalue weighted by Crippen LogP contribution is 2.56. The smallest absolute Gasteiger partial charge is 0.174 e. The summed E-state index contributed by atoms with van der Waals surface area (Å²) in [4.78, 5) is 0. The summed E-state index contributed by atoms with van der Waals surface area (Å²) in [6, 6.07) is 24.3. The number of para-hydroxylation sites is 1. The van der Waals surface area contributed by atoms with E-state index in [1.807, 2.05) is 12.1 Å². The molecule has 4 heteroatoms. The van der Waals surface area contributed by atoms with Crippen LogP contribution in [0.3, 0.4) is 0 Å². The van der Waals surface area contributed by atoms with E-state index in [0.29, 0.717) is 10.6 Å². The molecule has 2 N–H and O–H groups in total. The van der Waals surface area contributed by atoms with Crippen LogP contribution in [0.15, 0.2) is 84.9 Å². The Morgan fingerprint density at radius 3 is 1.61 bits per heavy atom. The van der Waals surface area contributed by atoms with Crippen LogP contribution in [0.1, 0.15) is 11.4 Å². The number of hydrogen-bond donors (Lipinski definition) is 2. The molecule has 0 bridgehead atoms. The van der Waals surface area contributed by atoms with Crippen molar-refractivity contribution in [2.24, 2.45) is 0 Å². The Bertz CT molecular complexity index is 788. The largest absolute Gasteiger partial charge is 0.508 e. The fourth-order valence-corrected chi connectivity index (χ4v) is 5.34. The zero-order valence-electron chi connectivity index (χ0n) is 12.4. The van der Waals surface area contributed by atoms with Gasteiger partial charge in [0.15, 0.2) is 7.14 Å². The zero-order valence-corrected chi connectivity index (χ0v) is 13.3. The molecule has 1 unspecified atom stereocenters. The van der Waals surface area contributed by atoms with E-state index in [4.69, 9.17) is 0 Å². The van der Waals surface area contributed by atoms with Gasteiger partial charge in [0, 0.05) is 16.2 Å². The van der Waals surface area contributed by atoms with Crippen LogP contribution in [-0.4, -0.2) is 10.2 Å². The first-order valence-corrected chi connectivity index (χ1v) is 9.08. The quantitative estimate of drug-likeness (QED) is 0.723. The van der Waals surface area contributed by atoms with Crippen molar-refractivity contribution in [1.29, 1.82) is 0 Å². The van der Waals surface area contributed by atoms with Crippen molar-refractivity contribution in [3.8, 4) is 5.75 Å². The van der Waals surface area contributed by atoms with E-state index < -0.39 is 13.0 Å². The third kappa shape index (κ3) is 2.81. The summed E-state index contributed by atoms with van der Waals surface area (Å²) in [6.45, 7) is 0. The van der Waals surface area contributed by atoms with Gasteiger partial charge in [-0.3, -0.25) is 0 Å². The summed E-state index contributed by atoms with van der Waals surface area (Å²) in [6.07, 6.45) is 0. The van der Waals surface area contributed by atoms with Crippen LogP contribution in [0.5, 0.6) is 5.75 Å². The van der Waals surface area contributed by atoms with Crippen molar-refractivity contribution >= 4 is 17.8 Å². The monoisotopic (exact) mass is 324 g/mol. The second-order valence-electron chi connectivity index (χ2n) is 5.26. The van der Waals surface area contributed by atoms with Gasteiger partial charge in [0.1, 0.15) is 11.6 Å². The maximum atomic E-state index is 13.9. The lowest BCUT2D eigenvalue weighted by molar-refractivity contribution is 0.251. The van der Waals surface area contributed by atoms with Crippen molar-refractivity contribution < 1.29 is 14.8 Å². The average Bonchev–Trinajstić information content (AvgIpc) is 2.62. The Hall–Kier alpha value is -2.35. The van der Waals surface area contributed by atoms with Crippen LogP contribution in [0.4, 0.5) is 0 Å². The van der Waals surface area contributed by atoms with E-state index in [0.717, 1.165) is 0 Å². The van der Waals surface area contributed by atoms with Crippen LogP contribution < -0.4 is 10.6 Å². The lowest BCUT2D eigenvalue weighted by Gasteiger charge is -2.25. The summed E-state index contributed by atoms with van der Waals surface area (Å²) < 4.78 is 13.9. The molecular weight excluding hydrogens is 307 g/mol. The van der Waals surface area contributed by atoms with E-state index in [-0.39, 0.29) is 11.3 Å². The van der Waals surface area contributed by atoms with Gasteiger partial charge in [-0.15, -0.1) is 0 Å². The number of aliphatic hydroxyl groups is 1. The van der Waals surface area contributed by atoms with Gasteiger partial charge in [-0.1, -0.05) is 78.9 Å². The van der Waals surface area contributed by atoms with Crippen molar-refractivity contribution in [1.82, 2.24) is 0 Å². The average molecular weight is 324 g/mol. The summed E-state index contributed by atoms with van der Waals surface area (Å²) in [5.41, 5.74) is 0.267. The molecular formula is C19H17O3P. The molecule has 3 aromatic rings. The van der Waals surface area contributed by atoms with E-state index in [9.17, 15) is 14.8 Å². The Balaban J connectivity index is 2.21. The van der Waals surface area contributed by atoms with Crippen LogP contribution >= 0.6 is 7.14 Å². The van der Waals surface area contributed by atoms with E-state index in [1.54, 1.807) is 66.7 Å². The molecule has 3 aromatic carbocycles. The molecule has 1 atom stereocenters. The zero-order chi connectivity index (χ0) is 16.3. The molecule has 116 valence electrons. The summed E-state index contributed by atoms with van der Waals surface area (Å²) in [5, 5.41) is 22.1. The lowest BCUT2D eigenvalue weighted by atomic mass is 10.2. The number of aliphatic hydroxyl groups excluding tert-OH is 1. The third-order valence-electron chi connectivity index (χ3n) is 3.84. The minimum atomic E-state index is -3.37. The standard InChI is InChI=1S/C19H17O3P/c20-18-14-8-7-13-17(18)19(21)23(22,15-9-3-1-4-10-15)16-11-5-2-6-12-16/h1-14,19-21H. The minimum Gasteiger partial charge on any atom is -0.508 e. The number of aromatic hydroxyl groups is 1. The number of rotatable bonds is 4. The Morgan fingerprint density at radius 1 is 0.696 bits per heavy atom. The van der Waals surface area contributed by atoms with Gasteiger partial charge in [0.05, 0.1) is 0 Å². The molecule has 0 aliphatic heterocycles. The predicted octanol–water partition coefficient (Wildman–Crippen LogP) is 3.40. The van der Waals surface area contributed by atoms with Gasteiger partial charge in [-0.25, -0.2) is 0 Å². The Labute approximate surface area is 135 Å². The molecule has 0 amide bonds. The predicted molar refractivity (Wildman–Crippen MR) is 92.8 cm³/mol. The van der Waals surface area contributed by atoms with Crippen molar-refractivity contribution in [2.75, 3.05) is 0 Å². The van der Waals surface area contributed by atoms with Crippen molar-refractivity contribution in [3.05, 3.63) is 90.5 Å². The number of phenolic OH excluding ortho intramolecular Hbond substituents is 1. The molecule has 0 fully saturated rings. The number of hydrogen-bond acceptors (Lipinski definition) is 3. The molecule has 3 rings (SSSR count). The van der Waals surface area contributed by atoms with Crippen LogP contribution in [-0.2, 0) is 4.57 Å². The molecule has 0 aromatic heterocycles. The number of benzene rings is 3. The topological polar surface area (TPSA) is 57.5 Å². The fraction of sp³-hybridized carbons (Fsp3) is 0.0526. The highest BCUT2D eigenvalue weighted by molar-refractivity contribution is 7.78. The molecule has 0 radical (unpaired) electrons. The maximum absolute atomic E-state index is 13.9. The second-order valence-corrected chi connectivity index (χ2v) is 8.10. The van der Waals surface area contributed by atoms with Crippen LogP contribution in [0, 0.1) is 0 Å². The maximum Gasteiger partial charge on any atom is 0.174 e. The fourth-order valence-electron chi connectivity index (χ4n) is 2.63. The molecule has 0 aliphatic carbocycles. The first-order chi connectivity index (χ1) is 11.1. The van der Waals surface area contributed by atoms with Crippen LogP contribution in [0.2, 0.25) is 0 Å². The molecule has 0 heterocycles. The summed E-state index contributed by atoms with van der Waals surface area (Å²) >= 11 is 0. The van der Waals surface area contributed by atoms with Crippen molar-refractivity contribution in [2.45, 2.75) is 5.85 Å². The van der Waals surface area contributed by atoms with E-state index in [2.05, 4.69) is 0 Å². The Morgan fingerprint density at radius 2 is 1.13 bits per heavy atom.